The second-order valence-corrected chi connectivity index (χ2v) is 9.84. The number of benzene rings is 3. The molecule has 0 aliphatic carbocycles. The number of rotatable bonds is 3. The highest BCUT2D eigenvalue weighted by Crippen LogP contribution is 2.65. The van der Waals surface area contributed by atoms with E-state index in [4.69, 9.17) is 34.8 Å². The topological polar surface area (TPSA) is 0 Å². The molecule has 0 aliphatic heterocycles. The predicted molar refractivity (Wildman–Crippen MR) is 103 cm³/mol. The van der Waals surface area contributed by atoms with Crippen LogP contribution in [0.3, 0.4) is 0 Å². The van der Waals surface area contributed by atoms with Crippen LogP contribution in [0.5, 0.6) is 0 Å². The van der Waals surface area contributed by atoms with Crippen molar-refractivity contribution in [3.05, 3.63) is 87.9 Å². The smallest absolute Gasteiger partial charge is 0.0406 e. The normalized spacial score (nSPS) is 12.2. The van der Waals surface area contributed by atoms with Crippen molar-refractivity contribution >= 4 is 44.8 Å². The van der Waals surface area contributed by atoms with Crippen LogP contribution < -0.4 is 0 Å². The zero-order valence-corrected chi connectivity index (χ0v) is 15.6. The van der Waals surface area contributed by atoms with Crippen molar-refractivity contribution in [2.45, 2.75) is 14.7 Å². The molecule has 0 heterocycles. The van der Waals surface area contributed by atoms with Gasteiger partial charge >= 0.3 is 0 Å². The lowest BCUT2D eigenvalue weighted by atomic mass is 10.3. The van der Waals surface area contributed by atoms with E-state index in [1.165, 1.54) is 14.7 Å². The van der Waals surface area contributed by atoms with Gasteiger partial charge in [-0.05, 0) is 93.7 Å². The van der Waals surface area contributed by atoms with E-state index in [0.717, 1.165) is 15.1 Å². The van der Waals surface area contributed by atoms with Gasteiger partial charge in [0.15, 0.2) is 0 Å². The first-order valence-electron chi connectivity index (χ1n) is 7.05. The molecular formula is C19H15Cl3S. The van der Waals surface area contributed by atoms with Gasteiger partial charge in [-0.1, -0.05) is 34.8 Å². The van der Waals surface area contributed by atoms with Gasteiger partial charge in [-0.2, -0.15) is 10.0 Å². The molecule has 0 fully saturated rings. The highest BCUT2D eigenvalue weighted by Gasteiger charge is 2.25. The molecule has 0 saturated carbocycles. The van der Waals surface area contributed by atoms with Gasteiger partial charge in [0.2, 0.25) is 0 Å². The summed E-state index contributed by atoms with van der Waals surface area (Å²) in [6.07, 6.45) is 2.28. The summed E-state index contributed by atoms with van der Waals surface area (Å²) in [4.78, 5) is 3.73. The summed E-state index contributed by atoms with van der Waals surface area (Å²) in [5, 5.41) is 2.22. The molecule has 23 heavy (non-hydrogen) atoms. The highest BCUT2D eigenvalue weighted by atomic mass is 35.5. The van der Waals surface area contributed by atoms with Crippen molar-refractivity contribution in [3.8, 4) is 0 Å². The lowest BCUT2D eigenvalue weighted by Gasteiger charge is -2.37. The second-order valence-electron chi connectivity index (χ2n) is 5.28. The van der Waals surface area contributed by atoms with Crippen LogP contribution in [0.25, 0.3) is 0 Å². The Morgan fingerprint density at radius 3 is 0.913 bits per heavy atom. The maximum atomic E-state index is 6.07. The molecule has 4 heteroatoms. The maximum absolute atomic E-state index is 6.07. The van der Waals surface area contributed by atoms with Crippen LogP contribution in [0, 0.1) is 0 Å². The summed E-state index contributed by atoms with van der Waals surface area (Å²) in [7, 11) is -1.40. The van der Waals surface area contributed by atoms with Crippen LogP contribution in [-0.4, -0.2) is 6.26 Å². The third-order valence-electron chi connectivity index (χ3n) is 3.86. The molecule has 0 amide bonds. The van der Waals surface area contributed by atoms with E-state index in [1.807, 2.05) is 36.4 Å². The lowest BCUT2D eigenvalue weighted by Crippen LogP contribution is -2.01. The van der Waals surface area contributed by atoms with Crippen LogP contribution in [0.15, 0.2) is 87.5 Å². The fourth-order valence-electron chi connectivity index (χ4n) is 2.53. The summed E-state index contributed by atoms with van der Waals surface area (Å²) >= 11 is 18.2. The van der Waals surface area contributed by atoms with Crippen LogP contribution in [0.2, 0.25) is 15.1 Å². The fourth-order valence-corrected chi connectivity index (χ4v) is 5.76. The Morgan fingerprint density at radius 1 is 0.478 bits per heavy atom. The van der Waals surface area contributed by atoms with Crippen molar-refractivity contribution in [2.24, 2.45) is 0 Å². The van der Waals surface area contributed by atoms with Crippen LogP contribution in [0.4, 0.5) is 0 Å². The monoisotopic (exact) mass is 380 g/mol. The Labute approximate surface area is 153 Å². The van der Waals surface area contributed by atoms with Crippen LogP contribution in [-0.2, 0) is 0 Å². The first kappa shape index (κ1) is 16.7. The SMILES string of the molecule is CS(c1ccc(Cl)cc1)(c1ccc(Cl)cc1)c1ccc(Cl)cc1. The quantitative estimate of drug-likeness (QED) is 0.439. The Hall–Kier alpha value is -1.12. The van der Waals surface area contributed by atoms with Gasteiger partial charge in [0, 0.05) is 15.1 Å². The minimum atomic E-state index is -1.40. The molecule has 0 bridgehead atoms. The van der Waals surface area contributed by atoms with Gasteiger partial charge in [-0.3, -0.25) is 0 Å². The average Bonchev–Trinajstić information content (AvgIpc) is 2.56. The molecule has 0 N–H and O–H groups in total. The van der Waals surface area contributed by atoms with Crippen molar-refractivity contribution < 1.29 is 0 Å². The molecule has 118 valence electrons. The first-order valence-corrected chi connectivity index (χ1v) is 10.2. The van der Waals surface area contributed by atoms with Crippen LogP contribution in [0.1, 0.15) is 0 Å². The van der Waals surface area contributed by atoms with Gasteiger partial charge in [-0.15, -0.1) is 0 Å². The molecule has 0 spiro atoms. The van der Waals surface area contributed by atoms with E-state index >= 15 is 0 Å². The van der Waals surface area contributed by atoms with Crippen molar-refractivity contribution in [2.75, 3.05) is 6.26 Å². The summed E-state index contributed by atoms with van der Waals surface area (Å²) < 4.78 is 0. The largest absolute Gasteiger partial charge is 0.163 e. The third kappa shape index (κ3) is 3.39. The standard InChI is InChI=1S/C19H15Cl3S/c1-23(17-8-2-14(20)3-9-17,18-10-4-15(21)5-11-18)19-12-6-16(22)7-13-19/h2-13H,1H3. The summed E-state index contributed by atoms with van der Waals surface area (Å²) in [6, 6.07) is 24.2. The predicted octanol–water partition coefficient (Wildman–Crippen LogP) is 7.56. The van der Waals surface area contributed by atoms with Gasteiger partial charge < -0.3 is 0 Å². The van der Waals surface area contributed by atoms with Crippen molar-refractivity contribution in [3.63, 3.8) is 0 Å². The molecule has 3 rings (SSSR count). The lowest BCUT2D eigenvalue weighted by molar-refractivity contribution is 1.30. The summed E-state index contributed by atoms with van der Waals surface area (Å²) in [5.74, 6) is 0. The molecule has 3 aromatic rings. The van der Waals surface area contributed by atoms with E-state index in [-0.39, 0.29) is 0 Å². The summed E-state index contributed by atoms with van der Waals surface area (Å²) in [5.41, 5.74) is 0. The van der Waals surface area contributed by atoms with Crippen LogP contribution >= 0.6 is 44.8 Å². The van der Waals surface area contributed by atoms with E-state index < -0.39 is 10.0 Å². The molecule has 0 aromatic heterocycles. The van der Waals surface area contributed by atoms with Gasteiger partial charge in [0.25, 0.3) is 0 Å². The minimum Gasteiger partial charge on any atom is -0.163 e. The third-order valence-corrected chi connectivity index (χ3v) is 8.26. The van der Waals surface area contributed by atoms with Gasteiger partial charge in [-0.25, -0.2) is 0 Å². The van der Waals surface area contributed by atoms with E-state index in [2.05, 4.69) is 42.7 Å². The Balaban J connectivity index is 2.21. The second kappa shape index (κ2) is 6.78. The molecule has 0 saturated heterocycles. The van der Waals surface area contributed by atoms with Gasteiger partial charge in [0.1, 0.15) is 0 Å². The number of halogens is 3. The van der Waals surface area contributed by atoms with Gasteiger partial charge in [0.05, 0.1) is 0 Å². The zero-order chi connectivity index (χ0) is 16.4. The molecular weight excluding hydrogens is 367 g/mol. The Bertz CT molecular complexity index is 683. The van der Waals surface area contributed by atoms with E-state index in [1.54, 1.807) is 0 Å². The molecule has 0 atom stereocenters. The zero-order valence-electron chi connectivity index (χ0n) is 12.5. The van der Waals surface area contributed by atoms with Crippen molar-refractivity contribution in [1.29, 1.82) is 0 Å². The average molecular weight is 382 g/mol. The summed E-state index contributed by atoms with van der Waals surface area (Å²) in [6.45, 7) is 0. The Kier molecular flexibility index (Phi) is 4.93. The number of hydrogen-bond acceptors (Lipinski definition) is 0. The molecule has 3 aromatic carbocycles. The Morgan fingerprint density at radius 2 is 0.696 bits per heavy atom. The van der Waals surface area contributed by atoms with E-state index in [0.29, 0.717) is 0 Å². The molecule has 0 nitrogen and oxygen atoms in total. The highest BCUT2D eigenvalue weighted by molar-refractivity contribution is 8.33. The van der Waals surface area contributed by atoms with E-state index in [9.17, 15) is 0 Å². The maximum Gasteiger partial charge on any atom is 0.0406 e. The first-order chi connectivity index (χ1) is 11.0. The fraction of sp³-hybridized carbons (Fsp3) is 0.0526. The number of hydrogen-bond donors (Lipinski definition) is 0. The molecule has 0 unspecified atom stereocenters. The molecule has 0 aliphatic rings. The van der Waals surface area contributed by atoms with Crippen molar-refractivity contribution in [1.82, 2.24) is 0 Å². The molecule has 0 radical (unpaired) electrons. The minimum absolute atomic E-state index is 0.739.